The molecule has 0 rings (SSSR count). The first-order valence-corrected chi connectivity index (χ1v) is 3.61. The van der Waals surface area contributed by atoms with E-state index in [4.69, 9.17) is 28.9 Å². The Bertz CT molecular complexity index is 154. The van der Waals surface area contributed by atoms with Gasteiger partial charge in [0.05, 0.1) is 0 Å². The van der Waals surface area contributed by atoms with Gasteiger partial charge in [0.2, 0.25) is 4.33 Å². The highest BCUT2D eigenvalue weighted by atomic mass is 35.5. The summed E-state index contributed by atoms with van der Waals surface area (Å²) in [7, 11) is 0. The second-order valence-electron chi connectivity index (χ2n) is 1.80. The maximum atomic E-state index is 10.4. The van der Waals surface area contributed by atoms with Crippen LogP contribution in [0.2, 0.25) is 0 Å². The van der Waals surface area contributed by atoms with E-state index >= 15 is 0 Å². The van der Waals surface area contributed by atoms with Gasteiger partial charge in [-0.15, -0.1) is 0 Å². The summed E-state index contributed by atoms with van der Waals surface area (Å²) in [4.78, 5) is 10.4. The van der Waals surface area contributed by atoms with Crippen LogP contribution in [0.4, 0.5) is 0 Å². The number of allylic oxidation sites excluding steroid dienone is 1. The summed E-state index contributed by atoms with van der Waals surface area (Å²) in [6, 6.07) is 0. The molecule has 0 bridgehead atoms. The van der Waals surface area contributed by atoms with Crippen LogP contribution in [0.25, 0.3) is 0 Å². The highest BCUT2D eigenvalue weighted by Gasteiger charge is 2.26. The molecule has 0 saturated carbocycles. The van der Waals surface area contributed by atoms with E-state index in [0.717, 1.165) is 6.42 Å². The third-order valence-corrected chi connectivity index (χ3v) is 1.52. The summed E-state index contributed by atoms with van der Waals surface area (Å²) < 4.78 is -1.55. The predicted molar refractivity (Wildman–Crippen MR) is 43.1 cm³/mol. The van der Waals surface area contributed by atoms with E-state index < -0.39 is 10.2 Å². The number of amides is 1. The van der Waals surface area contributed by atoms with Gasteiger partial charge in [-0.3, -0.25) is 4.79 Å². The maximum absolute atomic E-state index is 10.4. The van der Waals surface area contributed by atoms with Gasteiger partial charge in [-0.05, 0) is 12.5 Å². The molecule has 58 valence electrons. The van der Waals surface area contributed by atoms with E-state index in [9.17, 15) is 4.79 Å². The number of hydrogen-bond donors (Lipinski definition) is 1. The Balaban J connectivity index is 4.12. The standard InChI is InChI=1S/C6H9Cl2NO/c1-2-3-4-6(7,8)5(9)10/h3-4H,2H2,1H3,(H2,9,10). The molecule has 1 amide bonds. The van der Waals surface area contributed by atoms with E-state index in [0.29, 0.717) is 0 Å². The van der Waals surface area contributed by atoms with Gasteiger partial charge >= 0.3 is 0 Å². The zero-order valence-electron chi connectivity index (χ0n) is 5.60. The first-order valence-electron chi connectivity index (χ1n) is 2.86. The van der Waals surface area contributed by atoms with Crippen molar-refractivity contribution in [1.82, 2.24) is 0 Å². The molecule has 2 nitrogen and oxygen atoms in total. The molecular weight excluding hydrogens is 173 g/mol. The third-order valence-electron chi connectivity index (χ3n) is 0.891. The predicted octanol–water partition coefficient (Wildman–Crippen LogP) is 1.61. The van der Waals surface area contributed by atoms with Crippen molar-refractivity contribution in [2.75, 3.05) is 0 Å². The van der Waals surface area contributed by atoms with Crippen molar-refractivity contribution in [2.24, 2.45) is 5.73 Å². The number of alkyl halides is 2. The van der Waals surface area contributed by atoms with Gasteiger partial charge < -0.3 is 5.73 Å². The van der Waals surface area contributed by atoms with Gasteiger partial charge in [-0.25, -0.2) is 0 Å². The second-order valence-corrected chi connectivity index (χ2v) is 3.18. The Morgan fingerprint density at radius 2 is 2.20 bits per heavy atom. The largest absolute Gasteiger partial charge is 0.367 e. The van der Waals surface area contributed by atoms with Crippen molar-refractivity contribution < 1.29 is 4.79 Å². The topological polar surface area (TPSA) is 43.1 Å². The van der Waals surface area contributed by atoms with Crippen molar-refractivity contribution in [2.45, 2.75) is 17.7 Å². The summed E-state index contributed by atoms with van der Waals surface area (Å²) in [6.45, 7) is 1.90. The molecule has 0 radical (unpaired) electrons. The lowest BCUT2D eigenvalue weighted by Gasteiger charge is -2.07. The van der Waals surface area contributed by atoms with Crippen LogP contribution in [0.1, 0.15) is 13.3 Å². The minimum Gasteiger partial charge on any atom is -0.367 e. The number of carbonyl (C=O) groups excluding carboxylic acids is 1. The van der Waals surface area contributed by atoms with E-state index in [-0.39, 0.29) is 0 Å². The summed E-state index contributed by atoms with van der Waals surface area (Å²) in [6.07, 6.45) is 3.83. The minimum absolute atomic E-state index is 0.750. The molecule has 0 fully saturated rings. The van der Waals surface area contributed by atoms with Crippen LogP contribution < -0.4 is 5.73 Å². The molecular formula is C6H9Cl2NO. The van der Waals surface area contributed by atoms with Gasteiger partial charge in [0.25, 0.3) is 5.91 Å². The van der Waals surface area contributed by atoms with E-state index in [2.05, 4.69) is 0 Å². The summed E-state index contributed by atoms with van der Waals surface area (Å²) in [5.41, 5.74) is 4.86. The highest BCUT2D eigenvalue weighted by Crippen LogP contribution is 2.21. The zero-order chi connectivity index (χ0) is 8.20. The lowest BCUT2D eigenvalue weighted by atomic mass is 10.3. The Morgan fingerprint density at radius 1 is 1.70 bits per heavy atom. The second kappa shape index (κ2) is 3.84. The van der Waals surface area contributed by atoms with Crippen LogP contribution in [0.5, 0.6) is 0 Å². The summed E-state index contributed by atoms with van der Waals surface area (Å²) in [5.74, 6) is -0.750. The van der Waals surface area contributed by atoms with Gasteiger partial charge in [-0.1, -0.05) is 36.2 Å². The van der Waals surface area contributed by atoms with Gasteiger partial charge in [-0.2, -0.15) is 0 Å². The number of primary amides is 1. The Hall–Kier alpha value is -0.210. The Kier molecular flexibility index (Phi) is 3.76. The molecule has 0 atom stereocenters. The first kappa shape index (κ1) is 9.79. The Labute approximate surface area is 70.0 Å². The molecule has 0 aromatic carbocycles. The van der Waals surface area contributed by atoms with Crippen LogP contribution in [-0.2, 0) is 4.79 Å². The fraction of sp³-hybridized carbons (Fsp3) is 0.500. The molecule has 0 heterocycles. The molecule has 0 aliphatic rings. The minimum atomic E-state index is -1.55. The van der Waals surface area contributed by atoms with Crippen molar-refractivity contribution in [1.29, 1.82) is 0 Å². The van der Waals surface area contributed by atoms with Crippen molar-refractivity contribution >= 4 is 29.1 Å². The monoisotopic (exact) mass is 181 g/mol. The molecule has 0 aromatic heterocycles. The van der Waals surface area contributed by atoms with Crippen molar-refractivity contribution in [3.05, 3.63) is 12.2 Å². The summed E-state index contributed by atoms with van der Waals surface area (Å²) >= 11 is 10.9. The average molecular weight is 182 g/mol. The van der Waals surface area contributed by atoms with Gasteiger partial charge in [0, 0.05) is 0 Å². The average Bonchev–Trinajstić information content (AvgIpc) is 1.84. The van der Waals surface area contributed by atoms with Crippen molar-refractivity contribution in [3.8, 4) is 0 Å². The molecule has 10 heavy (non-hydrogen) atoms. The number of rotatable bonds is 3. The van der Waals surface area contributed by atoms with Crippen molar-refractivity contribution in [3.63, 3.8) is 0 Å². The van der Waals surface area contributed by atoms with Crippen LogP contribution in [0.3, 0.4) is 0 Å². The fourth-order valence-corrected chi connectivity index (χ4v) is 0.526. The number of nitrogens with two attached hydrogens (primary N) is 1. The molecule has 4 heteroatoms. The zero-order valence-corrected chi connectivity index (χ0v) is 7.12. The molecule has 0 aliphatic carbocycles. The normalized spacial score (nSPS) is 12.3. The van der Waals surface area contributed by atoms with Crippen LogP contribution in [0, 0.1) is 0 Å². The maximum Gasteiger partial charge on any atom is 0.257 e. The van der Waals surface area contributed by atoms with Crippen LogP contribution in [0.15, 0.2) is 12.2 Å². The van der Waals surface area contributed by atoms with Gasteiger partial charge in [0.15, 0.2) is 0 Å². The highest BCUT2D eigenvalue weighted by molar-refractivity contribution is 6.59. The lowest BCUT2D eigenvalue weighted by molar-refractivity contribution is -0.117. The molecule has 2 N–H and O–H groups in total. The smallest absolute Gasteiger partial charge is 0.257 e. The molecule has 0 saturated heterocycles. The van der Waals surface area contributed by atoms with Gasteiger partial charge in [0.1, 0.15) is 0 Å². The third kappa shape index (κ3) is 3.08. The van der Waals surface area contributed by atoms with E-state index in [1.807, 2.05) is 6.92 Å². The van der Waals surface area contributed by atoms with Crippen LogP contribution in [-0.4, -0.2) is 10.2 Å². The van der Waals surface area contributed by atoms with E-state index in [1.165, 1.54) is 6.08 Å². The lowest BCUT2D eigenvalue weighted by Crippen LogP contribution is -2.31. The van der Waals surface area contributed by atoms with Crippen LogP contribution >= 0.6 is 23.2 Å². The Morgan fingerprint density at radius 3 is 2.50 bits per heavy atom. The first-order chi connectivity index (χ1) is 4.50. The number of carbonyl (C=O) groups is 1. The summed E-state index contributed by atoms with van der Waals surface area (Å²) in [5, 5.41) is 0. The number of hydrogen-bond acceptors (Lipinski definition) is 1. The molecule has 0 unspecified atom stereocenters. The molecule has 0 spiro atoms. The fourth-order valence-electron chi connectivity index (χ4n) is 0.348. The number of halogens is 2. The quantitative estimate of drug-likeness (QED) is 0.522. The van der Waals surface area contributed by atoms with E-state index in [1.54, 1.807) is 6.08 Å². The SMILES string of the molecule is CCC=CC(Cl)(Cl)C(N)=O. The molecule has 0 aliphatic heterocycles. The molecule has 0 aromatic rings.